The second-order valence-corrected chi connectivity index (χ2v) is 13.0. The van der Waals surface area contributed by atoms with E-state index in [1.165, 1.54) is 11.9 Å². The van der Waals surface area contributed by atoms with Gasteiger partial charge in [-0.3, -0.25) is 9.59 Å². The number of carbonyl (C=O) groups excluding carboxylic acids is 4. The molecule has 2 N–H and O–H groups in total. The van der Waals surface area contributed by atoms with Crippen molar-refractivity contribution in [2.45, 2.75) is 104 Å². The summed E-state index contributed by atoms with van der Waals surface area (Å²) in [5.41, 5.74) is 0.709. The van der Waals surface area contributed by atoms with E-state index in [1.54, 1.807) is 53.7 Å². The van der Waals surface area contributed by atoms with Gasteiger partial charge in [0.1, 0.15) is 29.3 Å². The van der Waals surface area contributed by atoms with Crippen LogP contribution in [0.3, 0.4) is 0 Å². The number of alkyl carbamates (subject to hydrolysis) is 1. The minimum Gasteiger partial charge on any atom is -0.458 e. The molecule has 0 aromatic heterocycles. The predicted molar refractivity (Wildman–Crippen MR) is 167 cm³/mol. The standard InChI is InChI=1S/C34H49N3O6/c1-11-22(2)27(36-32(41)43-34(7,8)9)30(39)37(10)28(25-20-16-15-17-23(25)3)29(38)35-26(31(40)42-33(4,5)6)21-24-18-13-12-14-19-24/h12-20,22,26-28H,11,21H2,1-10H3,(H,35,38)(H,36,41). The van der Waals surface area contributed by atoms with Crippen LogP contribution < -0.4 is 10.6 Å². The van der Waals surface area contributed by atoms with Gasteiger partial charge in [-0.2, -0.15) is 0 Å². The minimum absolute atomic E-state index is 0.204. The van der Waals surface area contributed by atoms with Crippen LogP contribution in [0.5, 0.6) is 0 Å². The van der Waals surface area contributed by atoms with E-state index in [0.717, 1.165) is 11.1 Å². The maximum Gasteiger partial charge on any atom is 0.408 e. The molecule has 2 rings (SSSR count). The molecule has 9 heteroatoms. The van der Waals surface area contributed by atoms with E-state index in [4.69, 9.17) is 9.47 Å². The van der Waals surface area contributed by atoms with Crippen molar-refractivity contribution in [1.29, 1.82) is 0 Å². The molecule has 4 unspecified atom stereocenters. The Kier molecular flexibility index (Phi) is 12.3. The molecule has 4 atom stereocenters. The van der Waals surface area contributed by atoms with Gasteiger partial charge in [0.05, 0.1) is 0 Å². The van der Waals surface area contributed by atoms with E-state index in [1.807, 2.05) is 63.2 Å². The Morgan fingerprint density at radius 3 is 1.93 bits per heavy atom. The second kappa shape index (κ2) is 15.0. The molecule has 2 aromatic carbocycles. The topological polar surface area (TPSA) is 114 Å². The molecule has 0 bridgehead atoms. The summed E-state index contributed by atoms with van der Waals surface area (Å²) in [7, 11) is 1.53. The van der Waals surface area contributed by atoms with Crippen molar-refractivity contribution in [3.8, 4) is 0 Å². The number of esters is 1. The Morgan fingerprint density at radius 2 is 1.40 bits per heavy atom. The van der Waals surface area contributed by atoms with Crippen molar-refractivity contribution in [2.75, 3.05) is 7.05 Å². The molecule has 43 heavy (non-hydrogen) atoms. The average Bonchev–Trinajstić information content (AvgIpc) is 2.90. The summed E-state index contributed by atoms with van der Waals surface area (Å²) in [5.74, 6) is -1.83. The zero-order valence-electron chi connectivity index (χ0n) is 27.3. The molecule has 236 valence electrons. The highest BCUT2D eigenvalue weighted by Gasteiger charge is 2.38. The van der Waals surface area contributed by atoms with Gasteiger partial charge in [-0.25, -0.2) is 9.59 Å². The summed E-state index contributed by atoms with van der Waals surface area (Å²) >= 11 is 0. The van der Waals surface area contributed by atoms with Gasteiger partial charge >= 0.3 is 12.1 Å². The molecule has 9 nitrogen and oxygen atoms in total. The Bertz CT molecular complexity index is 1250. The monoisotopic (exact) mass is 595 g/mol. The van der Waals surface area contributed by atoms with Crippen LogP contribution in [0.25, 0.3) is 0 Å². The first-order valence-electron chi connectivity index (χ1n) is 14.8. The average molecular weight is 596 g/mol. The van der Waals surface area contributed by atoms with E-state index in [0.29, 0.717) is 12.0 Å². The van der Waals surface area contributed by atoms with Gasteiger partial charge in [-0.1, -0.05) is 74.9 Å². The molecule has 0 aliphatic carbocycles. The van der Waals surface area contributed by atoms with Crippen LogP contribution in [0.4, 0.5) is 4.79 Å². The van der Waals surface area contributed by atoms with Crippen molar-refractivity contribution in [3.05, 3.63) is 71.3 Å². The first-order valence-corrected chi connectivity index (χ1v) is 14.8. The molecule has 2 aromatic rings. The van der Waals surface area contributed by atoms with Gasteiger partial charge in [0.2, 0.25) is 11.8 Å². The number of ether oxygens (including phenoxy) is 2. The Balaban J connectivity index is 2.49. The van der Waals surface area contributed by atoms with E-state index in [2.05, 4.69) is 10.6 Å². The fourth-order valence-corrected chi connectivity index (χ4v) is 4.55. The molecule has 0 spiro atoms. The van der Waals surface area contributed by atoms with Crippen molar-refractivity contribution < 1.29 is 28.7 Å². The highest BCUT2D eigenvalue weighted by atomic mass is 16.6. The Morgan fingerprint density at radius 1 is 0.837 bits per heavy atom. The van der Waals surface area contributed by atoms with Crippen LogP contribution in [-0.4, -0.2) is 59.1 Å². The van der Waals surface area contributed by atoms with Crippen LogP contribution in [-0.2, 0) is 30.3 Å². The van der Waals surface area contributed by atoms with Crippen molar-refractivity contribution in [1.82, 2.24) is 15.5 Å². The summed E-state index contributed by atoms with van der Waals surface area (Å²) in [6, 6.07) is 13.6. The third-order valence-electron chi connectivity index (χ3n) is 6.91. The van der Waals surface area contributed by atoms with Gasteiger partial charge in [0.15, 0.2) is 0 Å². The van der Waals surface area contributed by atoms with Crippen LogP contribution in [0, 0.1) is 12.8 Å². The van der Waals surface area contributed by atoms with E-state index < -0.39 is 53.2 Å². The number of carbonyl (C=O) groups is 4. The SMILES string of the molecule is CCC(C)C(NC(=O)OC(C)(C)C)C(=O)N(C)C(C(=O)NC(Cc1ccccc1)C(=O)OC(C)(C)C)c1ccccc1C. The van der Waals surface area contributed by atoms with Crippen molar-refractivity contribution in [2.24, 2.45) is 5.92 Å². The first-order chi connectivity index (χ1) is 19.9. The normalized spacial score (nSPS) is 14.5. The molecule has 3 amide bonds. The third kappa shape index (κ3) is 11.0. The maximum absolute atomic E-state index is 14.2. The summed E-state index contributed by atoms with van der Waals surface area (Å²) < 4.78 is 11.1. The van der Waals surface area contributed by atoms with E-state index in [-0.39, 0.29) is 12.3 Å². The highest BCUT2D eigenvalue weighted by Crippen LogP contribution is 2.26. The lowest BCUT2D eigenvalue weighted by Crippen LogP contribution is -2.55. The molecular weight excluding hydrogens is 546 g/mol. The number of hydrogen-bond acceptors (Lipinski definition) is 6. The number of likely N-dealkylation sites (N-methyl/N-ethyl adjacent to an activating group) is 1. The lowest BCUT2D eigenvalue weighted by atomic mass is 9.94. The lowest BCUT2D eigenvalue weighted by Gasteiger charge is -2.35. The quantitative estimate of drug-likeness (QED) is 0.332. The zero-order chi connectivity index (χ0) is 32.5. The van der Waals surface area contributed by atoms with Crippen molar-refractivity contribution in [3.63, 3.8) is 0 Å². The molecule has 0 fully saturated rings. The fourth-order valence-electron chi connectivity index (χ4n) is 4.55. The summed E-state index contributed by atoms with van der Waals surface area (Å²) in [6.45, 7) is 16.2. The third-order valence-corrected chi connectivity index (χ3v) is 6.91. The van der Waals surface area contributed by atoms with Gasteiger partial charge < -0.3 is 25.0 Å². The summed E-state index contributed by atoms with van der Waals surface area (Å²) in [4.78, 5) is 55.6. The van der Waals surface area contributed by atoms with Crippen molar-refractivity contribution >= 4 is 23.9 Å². The van der Waals surface area contributed by atoms with Gasteiger partial charge in [0, 0.05) is 13.5 Å². The van der Waals surface area contributed by atoms with Crippen LogP contribution in [0.15, 0.2) is 54.6 Å². The molecule has 0 saturated heterocycles. The van der Waals surface area contributed by atoms with E-state index in [9.17, 15) is 19.2 Å². The van der Waals surface area contributed by atoms with Gasteiger partial charge in [0.25, 0.3) is 0 Å². The molecule has 0 radical (unpaired) electrons. The van der Waals surface area contributed by atoms with Gasteiger partial charge in [-0.15, -0.1) is 0 Å². The number of nitrogens with zero attached hydrogens (tertiary/aromatic N) is 1. The van der Waals surface area contributed by atoms with Crippen LogP contribution in [0.1, 0.15) is 84.5 Å². The Hall–Kier alpha value is -3.88. The molecular formula is C34H49N3O6. The number of rotatable bonds is 11. The largest absolute Gasteiger partial charge is 0.458 e. The minimum atomic E-state index is -1.10. The number of benzene rings is 2. The predicted octanol–water partition coefficient (Wildman–Crippen LogP) is 5.50. The lowest BCUT2D eigenvalue weighted by molar-refractivity contribution is -0.159. The number of nitrogens with one attached hydrogen (secondary N) is 2. The molecule has 0 heterocycles. The number of amides is 3. The Labute approximate surface area is 256 Å². The molecule has 0 saturated carbocycles. The summed E-state index contributed by atoms with van der Waals surface area (Å²) in [5, 5.41) is 5.61. The summed E-state index contributed by atoms with van der Waals surface area (Å²) in [6.07, 6.45) is 0.0818. The number of hydrogen-bond donors (Lipinski definition) is 2. The smallest absolute Gasteiger partial charge is 0.408 e. The fraction of sp³-hybridized carbons (Fsp3) is 0.529. The second-order valence-electron chi connectivity index (χ2n) is 13.0. The first kappa shape index (κ1) is 35.3. The zero-order valence-corrected chi connectivity index (χ0v) is 27.3. The molecule has 0 aliphatic rings. The molecule has 0 aliphatic heterocycles. The van der Waals surface area contributed by atoms with Crippen LogP contribution >= 0.6 is 0 Å². The van der Waals surface area contributed by atoms with E-state index >= 15 is 0 Å². The number of aryl methyl sites for hydroxylation is 1. The maximum atomic E-state index is 14.2. The van der Waals surface area contributed by atoms with Gasteiger partial charge in [-0.05, 0) is 71.1 Å². The highest BCUT2D eigenvalue weighted by molar-refractivity contribution is 5.94. The van der Waals surface area contributed by atoms with Crippen LogP contribution in [0.2, 0.25) is 0 Å².